The standard InChI is InChI=1S/C11H15N3O2S2/c1-2-3-8-18-11(17)13-12-9-4-6-10(7-5-9)14(15)16/h4-7,12H,2-3,8H2,1H3,(H,13,17). The molecule has 7 heteroatoms. The first kappa shape index (κ1) is 14.7. The Morgan fingerprint density at radius 1 is 1.44 bits per heavy atom. The van der Waals surface area contributed by atoms with Crippen LogP contribution in [0.15, 0.2) is 24.3 Å². The highest BCUT2D eigenvalue weighted by atomic mass is 32.2. The third-order valence-electron chi connectivity index (χ3n) is 2.12. The van der Waals surface area contributed by atoms with Gasteiger partial charge < -0.3 is 0 Å². The fourth-order valence-corrected chi connectivity index (χ4v) is 2.18. The highest BCUT2D eigenvalue weighted by Crippen LogP contribution is 2.15. The molecule has 1 aromatic carbocycles. The van der Waals surface area contributed by atoms with Gasteiger partial charge in [-0.2, -0.15) is 0 Å². The van der Waals surface area contributed by atoms with Crippen molar-refractivity contribution in [2.75, 3.05) is 11.2 Å². The lowest BCUT2D eigenvalue weighted by Gasteiger charge is -2.09. The van der Waals surface area contributed by atoms with Crippen LogP contribution in [-0.2, 0) is 0 Å². The summed E-state index contributed by atoms with van der Waals surface area (Å²) >= 11 is 6.69. The van der Waals surface area contributed by atoms with Crippen LogP contribution in [-0.4, -0.2) is 15.0 Å². The molecule has 0 aliphatic rings. The largest absolute Gasteiger partial charge is 0.300 e. The summed E-state index contributed by atoms with van der Waals surface area (Å²) in [5.41, 5.74) is 6.59. The zero-order valence-corrected chi connectivity index (χ0v) is 11.6. The van der Waals surface area contributed by atoms with E-state index in [0.717, 1.165) is 24.3 Å². The van der Waals surface area contributed by atoms with E-state index in [2.05, 4.69) is 17.8 Å². The van der Waals surface area contributed by atoms with Gasteiger partial charge in [-0.3, -0.25) is 21.0 Å². The molecule has 0 bridgehead atoms. The number of nitro groups is 1. The van der Waals surface area contributed by atoms with Crippen molar-refractivity contribution in [1.82, 2.24) is 5.43 Å². The number of nitro benzene ring substituents is 1. The molecule has 0 radical (unpaired) electrons. The van der Waals surface area contributed by atoms with Gasteiger partial charge in [0.25, 0.3) is 5.69 Å². The number of non-ortho nitro benzene ring substituents is 1. The van der Waals surface area contributed by atoms with Crippen molar-refractivity contribution < 1.29 is 4.92 Å². The lowest BCUT2D eigenvalue weighted by molar-refractivity contribution is -0.384. The Bertz CT molecular complexity index is 409. The van der Waals surface area contributed by atoms with E-state index >= 15 is 0 Å². The molecule has 0 fully saturated rings. The molecule has 0 aliphatic heterocycles. The number of anilines is 1. The molecule has 5 nitrogen and oxygen atoms in total. The van der Waals surface area contributed by atoms with E-state index in [4.69, 9.17) is 12.2 Å². The van der Waals surface area contributed by atoms with Gasteiger partial charge in [0.2, 0.25) is 0 Å². The number of hydrazine groups is 1. The van der Waals surface area contributed by atoms with E-state index in [-0.39, 0.29) is 5.69 Å². The lowest BCUT2D eigenvalue weighted by Crippen LogP contribution is -2.25. The van der Waals surface area contributed by atoms with Gasteiger partial charge in [-0.1, -0.05) is 37.3 Å². The van der Waals surface area contributed by atoms with Crippen LogP contribution < -0.4 is 10.9 Å². The summed E-state index contributed by atoms with van der Waals surface area (Å²) in [6.45, 7) is 2.13. The van der Waals surface area contributed by atoms with Gasteiger partial charge in [-0.15, -0.1) is 0 Å². The summed E-state index contributed by atoms with van der Waals surface area (Å²) in [4.78, 5) is 10.0. The molecular weight excluding hydrogens is 270 g/mol. The van der Waals surface area contributed by atoms with E-state index < -0.39 is 4.92 Å². The number of unbranched alkanes of at least 4 members (excludes halogenated alkanes) is 1. The molecule has 1 rings (SSSR count). The third kappa shape index (κ3) is 5.33. The van der Waals surface area contributed by atoms with Crippen LogP contribution in [0.1, 0.15) is 19.8 Å². The number of hydrogen-bond donors (Lipinski definition) is 2. The molecule has 18 heavy (non-hydrogen) atoms. The van der Waals surface area contributed by atoms with E-state index in [1.54, 1.807) is 23.9 Å². The van der Waals surface area contributed by atoms with Crippen molar-refractivity contribution in [3.05, 3.63) is 34.4 Å². The van der Waals surface area contributed by atoms with Gasteiger partial charge >= 0.3 is 0 Å². The van der Waals surface area contributed by atoms with E-state index in [1.165, 1.54) is 12.1 Å². The molecule has 0 heterocycles. The predicted molar refractivity (Wildman–Crippen MR) is 79.8 cm³/mol. The fourth-order valence-electron chi connectivity index (χ4n) is 1.13. The quantitative estimate of drug-likeness (QED) is 0.362. The van der Waals surface area contributed by atoms with Gasteiger partial charge in [-0.25, -0.2) is 0 Å². The first-order valence-corrected chi connectivity index (χ1v) is 6.96. The van der Waals surface area contributed by atoms with Crippen LogP contribution in [0.2, 0.25) is 0 Å². The number of nitrogens with one attached hydrogen (secondary N) is 2. The number of thioether (sulfide) groups is 1. The maximum Gasteiger partial charge on any atom is 0.269 e. The minimum atomic E-state index is -0.428. The summed E-state index contributed by atoms with van der Waals surface area (Å²) in [6, 6.07) is 6.14. The Morgan fingerprint density at radius 2 is 2.11 bits per heavy atom. The summed E-state index contributed by atoms with van der Waals surface area (Å²) in [6.07, 6.45) is 2.27. The van der Waals surface area contributed by atoms with E-state index in [1.807, 2.05) is 0 Å². The Hall–Kier alpha value is -1.34. The van der Waals surface area contributed by atoms with E-state index in [0.29, 0.717) is 4.32 Å². The molecule has 0 aliphatic carbocycles. The van der Waals surface area contributed by atoms with Crippen molar-refractivity contribution in [1.29, 1.82) is 0 Å². The normalized spacial score (nSPS) is 9.83. The highest BCUT2D eigenvalue weighted by Gasteiger charge is 2.03. The minimum absolute atomic E-state index is 0.0699. The van der Waals surface area contributed by atoms with Crippen LogP contribution in [0.5, 0.6) is 0 Å². The molecule has 0 atom stereocenters. The van der Waals surface area contributed by atoms with Gasteiger partial charge in [0, 0.05) is 17.9 Å². The van der Waals surface area contributed by atoms with Crippen molar-refractivity contribution in [3.8, 4) is 0 Å². The first-order chi connectivity index (χ1) is 8.63. The van der Waals surface area contributed by atoms with Crippen molar-refractivity contribution in [3.63, 3.8) is 0 Å². The zero-order valence-electron chi connectivity index (χ0n) is 10.0. The van der Waals surface area contributed by atoms with Crippen molar-refractivity contribution in [2.24, 2.45) is 0 Å². The van der Waals surface area contributed by atoms with Gasteiger partial charge in [0.05, 0.1) is 10.6 Å². The number of nitrogens with zero attached hydrogens (tertiary/aromatic N) is 1. The van der Waals surface area contributed by atoms with Crippen LogP contribution >= 0.6 is 24.0 Å². The first-order valence-electron chi connectivity index (χ1n) is 5.56. The van der Waals surface area contributed by atoms with Crippen molar-refractivity contribution >= 4 is 39.7 Å². The average Bonchev–Trinajstić information content (AvgIpc) is 2.37. The fraction of sp³-hybridized carbons (Fsp3) is 0.364. The molecule has 0 saturated heterocycles. The Labute approximate surface area is 115 Å². The minimum Gasteiger partial charge on any atom is -0.300 e. The van der Waals surface area contributed by atoms with Crippen molar-refractivity contribution in [2.45, 2.75) is 19.8 Å². The molecule has 0 unspecified atom stereocenters. The zero-order chi connectivity index (χ0) is 13.4. The lowest BCUT2D eigenvalue weighted by atomic mass is 10.3. The number of benzene rings is 1. The third-order valence-corrected chi connectivity index (χ3v) is 3.43. The monoisotopic (exact) mass is 285 g/mol. The predicted octanol–water partition coefficient (Wildman–Crippen LogP) is 3.33. The number of hydrogen-bond acceptors (Lipinski definition) is 5. The molecule has 0 aromatic heterocycles. The Kier molecular flexibility index (Phi) is 6.45. The molecule has 0 amide bonds. The van der Waals surface area contributed by atoms with Gasteiger partial charge in [0.1, 0.15) is 0 Å². The summed E-state index contributed by atoms with van der Waals surface area (Å²) < 4.78 is 0.668. The Balaban J connectivity index is 2.34. The SMILES string of the molecule is CCCCSC(=S)NNc1ccc([N+](=O)[O-])cc1. The maximum absolute atomic E-state index is 10.5. The smallest absolute Gasteiger partial charge is 0.269 e. The van der Waals surface area contributed by atoms with Gasteiger partial charge in [0.15, 0.2) is 4.32 Å². The van der Waals surface area contributed by atoms with Crippen LogP contribution in [0.25, 0.3) is 0 Å². The van der Waals surface area contributed by atoms with Crippen LogP contribution in [0.3, 0.4) is 0 Å². The van der Waals surface area contributed by atoms with E-state index in [9.17, 15) is 10.1 Å². The summed E-state index contributed by atoms with van der Waals surface area (Å²) in [5, 5.41) is 10.5. The molecule has 2 N–H and O–H groups in total. The number of thiocarbonyl (C=S) groups is 1. The second-order valence-electron chi connectivity index (χ2n) is 3.54. The molecule has 0 spiro atoms. The molecule has 1 aromatic rings. The van der Waals surface area contributed by atoms with Crippen LogP contribution in [0.4, 0.5) is 11.4 Å². The number of rotatable bonds is 6. The molecular formula is C11H15N3O2S2. The molecule has 0 saturated carbocycles. The topological polar surface area (TPSA) is 67.2 Å². The molecule has 98 valence electrons. The highest BCUT2D eigenvalue weighted by molar-refractivity contribution is 8.22. The second kappa shape index (κ2) is 7.88. The average molecular weight is 285 g/mol. The van der Waals surface area contributed by atoms with Crippen LogP contribution in [0, 0.1) is 10.1 Å². The summed E-state index contributed by atoms with van der Waals surface area (Å²) in [7, 11) is 0. The second-order valence-corrected chi connectivity index (χ2v) is 5.32. The Morgan fingerprint density at radius 3 is 2.67 bits per heavy atom. The maximum atomic E-state index is 10.5. The summed E-state index contributed by atoms with van der Waals surface area (Å²) in [5.74, 6) is 0.990. The van der Waals surface area contributed by atoms with Gasteiger partial charge in [-0.05, 0) is 18.6 Å².